The van der Waals surface area contributed by atoms with Crippen LogP contribution in [0, 0.1) is 5.92 Å². The standard InChI is InChI=1S/C10H19N5O2S/c1-8-4-3-5-15(9(8)6-11)18(16,17)10-7-12-13-14(10)2/h7-9H,3-6,11H2,1-2H3. The normalized spacial score (nSPS) is 26.4. The molecule has 1 fully saturated rings. The van der Waals surface area contributed by atoms with E-state index in [1.54, 1.807) is 7.05 Å². The molecule has 1 aromatic rings. The molecule has 102 valence electrons. The fraction of sp³-hybridized carbons (Fsp3) is 0.800. The third-order valence-electron chi connectivity index (χ3n) is 3.55. The van der Waals surface area contributed by atoms with Crippen LogP contribution in [0.3, 0.4) is 0 Å². The molecule has 0 bridgehead atoms. The number of nitrogens with zero attached hydrogens (tertiary/aromatic N) is 4. The topological polar surface area (TPSA) is 94.1 Å². The van der Waals surface area contributed by atoms with E-state index in [-0.39, 0.29) is 17.0 Å². The molecule has 2 rings (SSSR count). The number of piperidine rings is 1. The number of aromatic nitrogens is 3. The van der Waals surface area contributed by atoms with Crippen molar-refractivity contribution in [3.05, 3.63) is 6.20 Å². The van der Waals surface area contributed by atoms with Gasteiger partial charge in [-0.3, -0.25) is 0 Å². The van der Waals surface area contributed by atoms with Crippen molar-refractivity contribution in [1.82, 2.24) is 19.3 Å². The third-order valence-corrected chi connectivity index (χ3v) is 5.52. The molecule has 0 radical (unpaired) electrons. The van der Waals surface area contributed by atoms with Crippen LogP contribution in [-0.2, 0) is 17.1 Å². The average Bonchev–Trinajstić information content (AvgIpc) is 2.75. The van der Waals surface area contributed by atoms with Gasteiger partial charge in [-0.1, -0.05) is 12.1 Å². The van der Waals surface area contributed by atoms with Crippen molar-refractivity contribution >= 4 is 10.0 Å². The minimum atomic E-state index is -3.55. The zero-order chi connectivity index (χ0) is 13.3. The fourth-order valence-electron chi connectivity index (χ4n) is 2.49. The fourth-order valence-corrected chi connectivity index (χ4v) is 4.30. The first-order valence-corrected chi connectivity index (χ1v) is 7.49. The molecule has 1 aliphatic rings. The van der Waals surface area contributed by atoms with Crippen LogP contribution in [-0.4, -0.2) is 46.8 Å². The molecule has 18 heavy (non-hydrogen) atoms. The van der Waals surface area contributed by atoms with Crippen LogP contribution in [0.4, 0.5) is 0 Å². The van der Waals surface area contributed by atoms with Crippen molar-refractivity contribution in [2.45, 2.75) is 30.8 Å². The molecule has 2 unspecified atom stereocenters. The minimum Gasteiger partial charge on any atom is -0.329 e. The quantitative estimate of drug-likeness (QED) is 0.806. The number of aryl methyl sites for hydroxylation is 1. The summed E-state index contributed by atoms with van der Waals surface area (Å²) in [5, 5.41) is 7.43. The van der Waals surface area contributed by atoms with Gasteiger partial charge in [-0.15, -0.1) is 5.10 Å². The number of sulfonamides is 1. The lowest BCUT2D eigenvalue weighted by Gasteiger charge is -2.37. The molecule has 2 heterocycles. The van der Waals surface area contributed by atoms with E-state index in [0.717, 1.165) is 12.8 Å². The highest BCUT2D eigenvalue weighted by atomic mass is 32.2. The molecular formula is C10H19N5O2S. The van der Waals surface area contributed by atoms with E-state index >= 15 is 0 Å². The second-order valence-electron chi connectivity index (χ2n) is 4.73. The highest BCUT2D eigenvalue weighted by Gasteiger charge is 2.37. The smallest absolute Gasteiger partial charge is 0.262 e. The molecule has 2 atom stereocenters. The average molecular weight is 273 g/mol. The van der Waals surface area contributed by atoms with Gasteiger partial charge in [0.1, 0.15) is 0 Å². The lowest BCUT2D eigenvalue weighted by atomic mass is 9.93. The Morgan fingerprint density at radius 2 is 2.28 bits per heavy atom. The van der Waals surface area contributed by atoms with Gasteiger partial charge in [0.2, 0.25) is 0 Å². The summed E-state index contributed by atoms with van der Waals surface area (Å²) < 4.78 is 27.9. The molecule has 0 spiro atoms. The lowest BCUT2D eigenvalue weighted by Crippen LogP contribution is -2.51. The summed E-state index contributed by atoms with van der Waals surface area (Å²) in [6, 6.07) is -0.140. The van der Waals surface area contributed by atoms with Crippen molar-refractivity contribution < 1.29 is 8.42 Å². The maximum atomic E-state index is 12.6. The zero-order valence-corrected chi connectivity index (χ0v) is 11.5. The van der Waals surface area contributed by atoms with Crippen LogP contribution in [0.15, 0.2) is 11.2 Å². The summed E-state index contributed by atoms with van der Waals surface area (Å²) in [5.74, 6) is 0.278. The molecule has 0 amide bonds. The van der Waals surface area contributed by atoms with Gasteiger partial charge in [0.15, 0.2) is 5.03 Å². The van der Waals surface area contributed by atoms with Gasteiger partial charge >= 0.3 is 0 Å². The van der Waals surface area contributed by atoms with Crippen LogP contribution in [0.5, 0.6) is 0 Å². The maximum Gasteiger partial charge on any atom is 0.262 e. The lowest BCUT2D eigenvalue weighted by molar-refractivity contribution is 0.191. The molecular weight excluding hydrogens is 254 g/mol. The van der Waals surface area contributed by atoms with Crippen LogP contribution in [0.2, 0.25) is 0 Å². The Hall–Kier alpha value is -0.990. The predicted molar refractivity (Wildman–Crippen MR) is 66.1 cm³/mol. The first-order chi connectivity index (χ1) is 8.48. The SMILES string of the molecule is CC1CCCN(S(=O)(=O)c2cnnn2C)C1CN. The van der Waals surface area contributed by atoms with Gasteiger partial charge in [-0.05, 0) is 18.8 Å². The van der Waals surface area contributed by atoms with Gasteiger partial charge in [0.05, 0.1) is 6.20 Å². The number of nitrogens with two attached hydrogens (primary N) is 1. The second kappa shape index (κ2) is 4.94. The molecule has 7 nitrogen and oxygen atoms in total. The summed E-state index contributed by atoms with van der Waals surface area (Å²) >= 11 is 0. The van der Waals surface area contributed by atoms with Gasteiger partial charge in [0.25, 0.3) is 10.0 Å². The largest absolute Gasteiger partial charge is 0.329 e. The Balaban J connectivity index is 2.37. The number of hydrogen-bond acceptors (Lipinski definition) is 5. The molecule has 0 aliphatic carbocycles. The Kier molecular flexibility index (Phi) is 3.69. The number of hydrogen-bond donors (Lipinski definition) is 1. The van der Waals surface area contributed by atoms with Crippen molar-refractivity contribution in [3.8, 4) is 0 Å². The summed E-state index contributed by atoms with van der Waals surface area (Å²) in [5.41, 5.74) is 5.73. The molecule has 8 heteroatoms. The van der Waals surface area contributed by atoms with Crippen molar-refractivity contribution in [2.75, 3.05) is 13.1 Å². The van der Waals surface area contributed by atoms with E-state index in [2.05, 4.69) is 10.3 Å². The van der Waals surface area contributed by atoms with Crippen LogP contribution >= 0.6 is 0 Å². The van der Waals surface area contributed by atoms with Gasteiger partial charge in [-0.25, -0.2) is 13.1 Å². The summed E-state index contributed by atoms with van der Waals surface area (Å²) in [7, 11) is -1.98. The first kappa shape index (κ1) is 13.4. The van der Waals surface area contributed by atoms with E-state index in [0.29, 0.717) is 13.1 Å². The van der Waals surface area contributed by atoms with E-state index in [4.69, 9.17) is 5.73 Å². The Morgan fingerprint density at radius 3 is 2.83 bits per heavy atom. The second-order valence-corrected chi connectivity index (χ2v) is 6.57. The zero-order valence-electron chi connectivity index (χ0n) is 10.7. The highest BCUT2D eigenvalue weighted by molar-refractivity contribution is 7.89. The number of rotatable bonds is 3. The molecule has 1 aromatic heterocycles. The third kappa shape index (κ3) is 2.15. The van der Waals surface area contributed by atoms with Crippen LogP contribution in [0.1, 0.15) is 19.8 Å². The van der Waals surface area contributed by atoms with Crippen molar-refractivity contribution in [2.24, 2.45) is 18.7 Å². The van der Waals surface area contributed by atoms with Gasteiger partial charge < -0.3 is 5.73 Å². The van der Waals surface area contributed by atoms with E-state index < -0.39 is 10.0 Å². The first-order valence-electron chi connectivity index (χ1n) is 6.05. The molecule has 1 saturated heterocycles. The van der Waals surface area contributed by atoms with E-state index in [9.17, 15) is 8.42 Å². The maximum absolute atomic E-state index is 12.6. The molecule has 1 aliphatic heterocycles. The predicted octanol–water partition coefficient (Wildman–Crippen LogP) is -0.437. The Labute approximate surface area is 107 Å². The van der Waals surface area contributed by atoms with E-state index in [1.165, 1.54) is 15.2 Å². The Bertz CT molecular complexity index is 512. The summed E-state index contributed by atoms with van der Waals surface area (Å²) in [6.45, 7) is 2.89. The van der Waals surface area contributed by atoms with Crippen molar-refractivity contribution in [3.63, 3.8) is 0 Å². The van der Waals surface area contributed by atoms with Gasteiger partial charge in [0, 0.05) is 26.2 Å². The monoisotopic (exact) mass is 273 g/mol. The van der Waals surface area contributed by atoms with Crippen LogP contribution in [0.25, 0.3) is 0 Å². The minimum absolute atomic E-state index is 0.120. The molecule has 0 aromatic carbocycles. The molecule has 0 saturated carbocycles. The van der Waals surface area contributed by atoms with Gasteiger partial charge in [-0.2, -0.15) is 4.31 Å². The summed E-state index contributed by atoms with van der Waals surface area (Å²) in [6.07, 6.45) is 3.15. The molecule has 2 N–H and O–H groups in total. The summed E-state index contributed by atoms with van der Waals surface area (Å²) in [4.78, 5) is 0. The van der Waals surface area contributed by atoms with Crippen molar-refractivity contribution in [1.29, 1.82) is 0 Å². The van der Waals surface area contributed by atoms with E-state index in [1.807, 2.05) is 6.92 Å². The highest BCUT2D eigenvalue weighted by Crippen LogP contribution is 2.27. The van der Waals surface area contributed by atoms with Crippen LogP contribution < -0.4 is 5.73 Å². The Morgan fingerprint density at radius 1 is 1.56 bits per heavy atom.